The number of carbonyl (C=O) groups excluding carboxylic acids is 2. The van der Waals surface area contributed by atoms with Crippen molar-refractivity contribution in [1.82, 2.24) is 5.32 Å². The van der Waals surface area contributed by atoms with E-state index in [1.807, 2.05) is 26.0 Å². The molecular formula is C33H39N3O7. The Labute approximate surface area is 251 Å². The van der Waals surface area contributed by atoms with Crippen LogP contribution >= 0.6 is 0 Å². The first-order chi connectivity index (χ1) is 20.6. The van der Waals surface area contributed by atoms with Gasteiger partial charge in [0.1, 0.15) is 11.8 Å². The van der Waals surface area contributed by atoms with Crippen LogP contribution in [0.3, 0.4) is 0 Å². The largest absolute Gasteiger partial charge is 0.508 e. The van der Waals surface area contributed by atoms with Crippen LogP contribution < -0.4 is 35.6 Å². The lowest BCUT2D eigenvalue weighted by atomic mass is 9.95. The molecule has 4 N–H and O–H groups in total. The number of methoxy groups -OCH3 is 3. The topological polar surface area (TPSA) is 135 Å². The molecule has 0 radical (unpaired) electrons. The normalized spacial score (nSPS) is 14.4. The summed E-state index contributed by atoms with van der Waals surface area (Å²) < 4.78 is 17.1. The second kappa shape index (κ2) is 13.5. The highest BCUT2D eigenvalue weighted by Gasteiger charge is 2.30. The zero-order valence-electron chi connectivity index (χ0n) is 25.4. The third-order valence-electron chi connectivity index (χ3n) is 7.40. The van der Waals surface area contributed by atoms with Gasteiger partial charge in [-0.2, -0.15) is 0 Å². The Kier molecular flexibility index (Phi) is 9.80. The van der Waals surface area contributed by atoms with Crippen molar-refractivity contribution in [2.45, 2.75) is 52.1 Å². The van der Waals surface area contributed by atoms with Crippen LogP contribution in [-0.4, -0.2) is 44.3 Å². The maximum absolute atomic E-state index is 13.8. The SMILES string of the molecule is COc1cc2c(c(OC)c1OC)-c1ccc(N[C@@H](CC(C)C)C(=O)Nc3ccc(O)cc3)c(=O)cc1[C@@H](NC(C)=O)CC2. The number of aryl methyl sites for hydroxylation is 1. The number of amides is 2. The molecule has 0 fully saturated rings. The molecule has 10 nitrogen and oxygen atoms in total. The fraction of sp³-hybridized carbons (Fsp3) is 0.364. The number of phenolic OH excluding ortho intramolecular Hbond substituents is 1. The standard InChI is InChI=1S/C33H39N3O7/c1-18(2)15-27(33(40)35-21-8-10-22(38)11-9-21)36-26-14-12-23-24(17-28(26)39)25(34-19(3)37)13-7-20-16-29(41-4)31(42-5)32(43-6)30(20)23/h8-12,14,16-18,25,27,38H,7,13,15H2,1-6H3,(H,34,37)(H,35,40)(H,36,39)/t25-,27-/m0/s1. The van der Waals surface area contributed by atoms with E-state index in [0.29, 0.717) is 53.3 Å². The molecule has 0 aliphatic heterocycles. The van der Waals surface area contributed by atoms with Gasteiger partial charge in [-0.3, -0.25) is 14.4 Å². The number of carbonyl (C=O) groups is 2. The van der Waals surface area contributed by atoms with Crippen LogP contribution in [0.2, 0.25) is 0 Å². The minimum absolute atomic E-state index is 0.0919. The third kappa shape index (κ3) is 7.02. The monoisotopic (exact) mass is 589 g/mol. The van der Waals surface area contributed by atoms with E-state index in [0.717, 1.165) is 11.1 Å². The van der Waals surface area contributed by atoms with Gasteiger partial charge in [0.05, 0.1) is 33.1 Å². The van der Waals surface area contributed by atoms with Gasteiger partial charge in [-0.1, -0.05) is 19.9 Å². The number of ether oxygens (including phenoxy) is 3. The molecule has 228 valence electrons. The van der Waals surface area contributed by atoms with E-state index in [-0.39, 0.29) is 34.6 Å². The van der Waals surface area contributed by atoms with Gasteiger partial charge >= 0.3 is 0 Å². The van der Waals surface area contributed by atoms with Gasteiger partial charge in [-0.05, 0) is 84.3 Å². The summed E-state index contributed by atoms with van der Waals surface area (Å²) in [5.74, 6) is 1.10. The van der Waals surface area contributed by atoms with Gasteiger partial charge < -0.3 is 35.3 Å². The molecule has 0 unspecified atom stereocenters. The van der Waals surface area contributed by atoms with Crippen molar-refractivity contribution in [2.75, 3.05) is 32.0 Å². The average Bonchev–Trinajstić information content (AvgIpc) is 3.21. The molecule has 0 bridgehead atoms. The number of aromatic hydroxyl groups is 1. The van der Waals surface area contributed by atoms with Crippen LogP contribution in [0.5, 0.6) is 23.0 Å². The number of phenols is 1. The van der Waals surface area contributed by atoms with Gasteiger partial charge in [0.15, 0.2) is 11.5 Å². The average molecular weight is 590 g/mol. The summed E-state index contributed by atoms with van der Waals surface area (Å²) in [4.78, 5) is 39.3. The molecule has 2 atom stereocenters. The Hall–Kier alpha value is -4.73. The number of anilines is 2. The highest BCUT2D eigenvalue weighted by Crippen LogP contribution is 2.50. The predicted octanol–water partition coefficient (Wildman–Crippen LogP) is 5.03. The number of hydrogen-bond acceptors (Lipinski definition) is 8. The molecular weight excluding hydrogens is 550 g/mol. The van der Waals surface area contributed by atoms with Crippen molar-refractivity contribution >= 4 is 23.2 Å². The first-order valence-electron chi connectivity index (χ1n) is 14.2. The lowest BCUT2D eigenvalue weighted by molar-refractivity contribution is -0.120. The van der Waals surface area contributed by atoms with Gasteiger partial charge in [0.25, 0.3) is 0 Å². The molecule has 0 heterocycles. The van der Waals surface area contributed by atoms with E-state index in [1.54, 1.807) is 32.4 Å². The Morgan fingerprint density at radius 2 is 1.67 bits per heavy atom. The molecule has 1 aliphatic carbocycles. The maximum Gasteiger partial charge on any atom is 0.246 e. The van der Waals surface area contributed by atoms with Gasteiger partial charge in [-0.25, -0.2) is 0 Å². The van der Waals surface area contributed by atoms with Crippen LogP contribution in [0.4, 0.5) is 11.4 Å². The summed E-state index contributed by atoms with van der Waals surface area (Å²) in [5, 5.41) is 18.6. The first kappa shape index (κ1) is 31.2. The molecule has 2 amide bonds. The summed E-state index contributed by atoms with van der Waals surface area (Å²) in [6.07, 6.45) is 1.59. The van der Waals surface area contributed by atoms with Crippen LogP contribution in [0.1, 0.15) is 50.8 Å². The fourth-order valence-corrected chi connectivity index (χ4v) is 5.49. The number of benzene rings is 2. The number of rotatable bonds is 10. The van der Waals surface area contributed by atoms with Crippen LogP contribution in [0.25, 0.3) is 11.1 Å². The number of hydrogen-bond donors (Lipinski definition) is 4. The van der Waals surface area contributed by atoms with E-state index in [2.05, 4.69) is 16.0 Å². The molecule has 4 rings (SSSR count). The summed E-state index contributed by atoms with van der Waals surface area (Å²) in [6, 6.07) is 11.9. The molecule has 1 aliphatic rings. The molecule has 0 spiro atoms. The third-order valence-corrected chi connectivity index (χ3v) is 7.40. The van der Waals surface area contributed by atoms with Crippen molar-refractivity contribution in [3.63, 3.8) is 0 Å². The lowest BCUT2D eigenvalue weighted by Crippen LogP contribution is -2.37. The molecule has 3 aromatic carbocycles. The summed E-state index contributed by atoms with van der Waals surface area (Å²) in [7, 11) is 4.64. The van der Waals surface area contributed by atoms with Crippen molar-refractivity contribution < 1.29 is 28.9 Å². The number of nitrogens with one attached hydrogen (secondary N) is 3. The minimum Gasteiger partial charge on any atom is -0.508 e. The highest BCUT2D eigenvalue weighted by molar-refractivity contribution is 5.96. The van der Waals surface area contributed by atoms with Gasteiger partial charge in [0, 0.05) is 18.2 Å². The zero-order chi connectivity index (χ0) is 31.3. The molecule has 0 saturated heterocycles. The molecule has 0 aromatic heterocycles. The van der Waals surface area contributed by atoms with Crippen molar-refractivity contribution in [3.05, 3.63) is 69.9 Å². The van der Waals surface area contributed by atoms with E-state index in [9.17, 15) is 19.5 Å². The number of fused-ring (bicyclic) bond motifs is 3. The van der Waals surface area contributed by atoms with Crippen molar-refractivity contribution in [1.29, 1.82) is 0 Å². The smallest absolute Gasteiger partial charge is 0.246 e. The first-order valence-corrected chi connectivity index (χ1v) is 14.2. The quantitative estimate of drug-likeness (QED) is 0.242. The Balaban J connectivity index is 1.84. The van der Waals surface area contributed by atoms with E-state index >= 15 is 0 Å². The molecule has 43 heavy (non-hydrogen) atoms. The Morgan fingerprint density at radius 1 is 0.977 bits per heavy atom. The summed E-state index contributed by atoms with van der Waals surface area (Å²) in [5.41, 5.74) is 3.43. The second-order valence-electron chi connectivity index (χ2n) is 11.0. The van der Waals surface area contributed by atoms with Gasteiger partial charge in [-0.15, -0.1) is 0 Å². The van der Waals surface area contributed by atoms with Gasteiger partial charge in [0.2, 0.25) is 23.0 Å². The van der Waals surface area contributed by atoms with Crippen LogP contribution in [0, 0.1) is 5.92 Å². The van der Waals surface area contributed by atoms with Crippen molar-refractivity contribution in [2.24, 2.45) is 5.92 Å². The predicted molar refractivity (Wildman–Crippen MR) is 166 cm³/mol. The Morgan fingerprint density at radius 3 is 2.28 bits per heavy atom. The zero-order valence-corrected chi connectivity index (χ0v) is 25.4. The van der Waals surface area contributed by atoms with E-state index < -0.39 is 12.1 Å². The minimum atomic E-state index is -0.721. The Bertz CT molecular complexity index is 1550. The molecule has 10 heteroatoms. The maximum atomic E-state index is 13.8. The fourth-order valence-electron chi connectivity index (χ4n) is 5.49. The molecule has 0 saturated carbocycles. The van der Waals surface area contributed by atoms with E-state index in [4.69, 9.17) is 14.2 Å². The molecule has 3 aromatic rings. The summed E-state index contributed by atoms with van der Waals surface area (Å²) >= 11 is 0. The van der Waals surface area contributed by atoms with Crippen molar-refractivity contribution in [3.8, 4) is 34.1 Å². The highest BCUT2D eigenvalue weighted by atomic mass is 16.5. The van der Waals surface area contributed by atoms with E-state index in [1.165, 1.54) is 32.2 Å². The lowest BCUT2D eigenvalue weighted by Gasteiger charge is -2.20. The summed E-state index contributed by atoms with van der Waals surface area (Å²) in [6.45, 7) is 5.44. The van der Waals surface area contributed by atoms with Crippen LogP contribution in [-0.2, 0) is 16.0 Å². The second-order valence-corrected chi connectivity index (χ2v) is 11.0. The van der Waals surface area contributed by atoms with Crippen LogP contribution in [0.15, 0.2) is 53.3 Å².